The molecule has 0 amide bonds. The number of aryl methyl sites for hydroxylation is 1. The molecule has 1 atom stereocenters. The molecule has 2 rings (SSSR count). The summed E-state index contributed by atoms with van der Waals surface area (Å²) < 4.78 is 14.6. The van der Waals surface area contributed by atoms with Gasteiger partial charge in [0.2, 0.25) is 0 Å². The van der Waals surface area contributed by atoms with E-state index in [-0.39, 0.29) is 5.82 Å². The molecule has 0 bridgehead atoms. The molecule has 0 aliphatic carbocycles. The number of aromatic nitrogens is 3. The highest BCUT2D eigenvalue weighted by Gasteiger charge is 2.10. The van der Waals surface area contributed by atoms with Crippen LogP contribution in [0.15, 0.2) is 30.6 Å². The molecule has 1 heterocycles. The van der Waals surface area contributed by atoms with Gasteiger partial charge < -0.3 is 5.11 Å². The van der Waals surface area contributed by atoms with Gasteiger partial charge in [-0.1, -0.05) is 12.1 Å². The van der Waals surface area contributed by atoms with E-state index in [1.807, 2.05) is 0 Å². The quantitative estimate of drug-likeness (QED) is 0.863. The normalized spacial score (nSPS) is 12.6. The van der Waals surface area contributed by atoms with Crippen LogP contribution in [0.1, 0.15) is 11.4 Å². The topological polar surface area (TPSA) is 50.9 Å². The van der Waals surface area contributed by atoms with Gasteiger partial charge in [0.15, 0.2) is 0 Å². The highest BCUT2D eigenvalue weighted by atomic mass is 19.1. The molecule has 0 radical (unpaired) electrons. The molecule has 0 spiro atoms. The van der Waals surface area contributed by atoms with E-state index < -0.39 is 6.10 Å². The van der Waals surface area contributed by atoms with Gasteiger partial charge in [0.1, 0.15) is 18.0 Å². The molecule has 90 valence electrons. The number of hydrogen-bond donors (Lipinski definition) is 1. The summed E-state index contributed by atoms with van der Waals surface area (Å²) in [6.45, 7) is 0. The zero-order valence-electron chi connectivity index (χ0n) is 9.55. The Hall–Kier alpha value is -1.75. The van der Waals surface area contributed by atoms with E-state index >= 15 is 0 Å². The van der Waals surface area contributed by atoms with Crippen molar-refractivity contribution in [1.29, 1.82) is 0 Å². The molecule has 1 aromatic heterocycles. The van der Waals surface area contributed by atoms with E-state index in [0.29, 0.717) is 18.7 Å². The van der Waals surface area contributed by atoms with Gasteiger partial charge in [-0.25, -0.2) is 9.37 Å². The molecule has 5 heteroatoms. The van der Waals surface area contributed by atoms with E-state index in [0.717, 1.165) is 5.56 Å². The molecule has 1 N–H and O–H groups in total. The molecule has 0 saturated carbocycles. The molecular weight excluding hydrogens is 221 g/mol. The summed E-state index contributed by atoms with van der Waals surface area (Å²) >= 11 is 0. The number of hydrogen-bond acceptors (Lipinski definition) is 3. The molecule has 4 nitrogen and oxygen atoms in total. The van der Waals surface area contributed by atoms with Crippen molar-refractivity contribution in [3.05, 3.63) is 47.8 Å². The van der Waals surface area contributed by atoms with Crippen LogP contribution in [-0.4, -0.2) is 26.0 Å². The number of halogens is 1. The van der Waals surface area contributed by atoms with Crippen molar-refractivity contribution in [3.8, 4) is 0 Å². The average Bonchev–Trinajstić information content (AvgIpc) is 2.64. The predicted octanol–water partition coefficient (Wildman–Crippen LogP) is 1.10. The zero-order chi connectivity index (χ0) is 12.3. The Bertz CT molecular complexity index is 498. The summed E-state index contributed by atoms with van der Waals surface area (Å²) in [7, 11) is 1.78. The minimum absolute atomic E-state index is 0.284. The van der Waals surface area contributed by atoms with E-state index in [2.05, 4.69) is 10.1 Å². The first-order valence-corrected chi connectivity index (χ1v) is 5.40. The minimum atomic E-state index is -0.584. The van der Waals surface area contributed by atoms with Crippen molar-refractivity contribution in [2.45, 2.75) is 18.9 Å². The Kier molecular flexibility index (Phi) is 3.49. The largest absolute Gasteiger partial charge is 0.392 e. The van der Waals surface area contributed by atoms with Gasteiger partial charge in [-0.15, -0.1) is 0 Å². The SMILES string of the molecule is Cn1ncnc1CC(O)Cc1cccc(F)c1. The second-order valence-electron chi connectivity index (χ2n) is 3.99. The number of aliphatic hydroxyl groups is 1. The predicted molar refractivity (Wildman–Crippen MR) is 60.8 cm³/mol. The van der Waals surface area contributed by atoms with Crippen LogP contribution in [0.25, 0.3) is 0 Å². The molecular formula is C12H14FN3O. The molecule has 0 fully saturated rings. The van der Waals surface area contributed by atoms with Crippen molar-refractivity contribution in [3.63, 3.8) is 0 Å². The third kappa shape index (κ3) is 3.10. The lowest BCUT2D eigenvalue weighted by Gasteiger charge is -2.09. The smallest absolute Gasteiger partial charge is 0.138 e. The van der Waals surface area contributed by atoms with Crippen LogP contribution in [0.5, 0.6) is 0 Å². The van der Waals surface area contributed by atoms with E-state index in [1.165, 1.54) is 18.5 Å². The van der Waals surface area contributed by atoms with E-state index in [4.69, 9.17) is 0 Å². The second kappa shape index (κ2) is 5.05. The summed E-state index contributed by atoms with van der Waals surface area (Å²) in [6.07, 6.45) is 1.68. The molecule has 1 unspecified atom stereocenters. The Labute approximate surface area is 98.7 Å². The van der Waals surface area contributed by atoms with Crippen molar-refractivity contribution in [2.24, 2.45) is 7.05 Å². The summed E-state index contributed by atoms with van der Waals surface area (Å²) in [5.74, 6) is 0.433. The lowest BCUT2D eigenvalue weighted by atomic mass is 10.1. The molecule has 2 aromatic rings. The van der Waals surface area contributed by atoms with Crippen molar-refractivity contribution < 1.29 is 9.50 Å². The second-order valence-corrected chi connectivity index (χ2v) is 3.99. The van der Waals surface area contributed by atoms with Gasteiger partial charge in [-0.3, -0.25) is 4.68 Å². The molecule has 0 aliphatic heterocycles. The van der Waals surface area contributed by atoms with Crippen molar-refractivity contribution >= 4 is 0 Å². The highest BCUT2D eigenvalue weighted by molar-refractivity contribution is 5.17. The van der Waals surface area contributed by atoms with Crippen LogP contribution in [0.2, 0.25) is 0 Å². The van der Waals surface area contributed by atoms with Crippen LogP contribution in [0, 0.1) is 5.82 Å². The number of nitrogens with zero attached hydrogens (tertiary/aromatic N) is 3. The number of rotatable bonds is 4. The van der Waals surface area contributed by atoms with Gasteiger partial charge in [-0.05, 0) is 24.1 Å². The van der Waals surface area contributed by atoms with Crippen molar-refractivity contribution in [2.75, 3.05) is 0 Å². The van der Waals surface area contributed by atoms with Crippen molar-refractivity contribution in [1.82, 2.24) is 14.8 Å². The zero-order valence-corrected chi connectivity index (χ0v) is 9.55. The first-order chi connectivity index (χ1) is 8.15. The van der Waals surface area contributed by atoms with Crippen LogP contribution in [0.4, 0.5) is 4.39 Å². The fraction of sp³-hybridized carbons (Fsp3) is 0.333. The number of aliphatic hydroxyl groups excluding tert-OH is 1. The highest BCUT2D eigenvalue weighted by Crippen LogP contribution is 2.09. The van der Waals surface area contributed by atoms with Crippen LogP contribution >= 0.6 is 0 Å². The van der Waals surface area contributed by atoms with Crippen LogP contribution < -0.4 is 0 Å². The lowest BCUT2D eigenvalue weighted by molar-refractivity contribution is 0.171. The van der Waals surface area contributed by atoms with Gasteiger partial charge in [0.25, 0.3) is 0 Å². The summed E-state index contributed by atoms with van der Waals surface area (Å²) in [4.78, 5) is 4.03. The maximum atomic E-state index is 13.0. The van der Waals surface area contributed by atoms with Crippen LogP contribution in [-0.2, 0) is 19.9 Å². The first-order valence-electron chi connectivity index (χ1n) is 5.40. The van der Waals surface area contributed by atoms with E-state index in [1.54, 1.807) is 23.9 Å². The van der Waals surface area contributed by atoms with E-state index in [9.17, 15) is 9.50 Å². The summed E-state index contributed by atoms with van der Waals surface area (Å²) in [5, 5.41) is 13.8. The Morgan fingerprint density at radius 1 is 1.41 bits per heavy atom. The van der Waals surface area contributed by atoms with Crippen LogP contribution in [0.3, 0.4) is 0 Å². The lowest BCUT2D eigenvalue weighted by Crippen LogP contribution is -2.17. The third-order valence-electron chi connectivity index (χ3n) is 2.58. The Morgan fingerprint density at radius 3 is 2.88 bits per heavy atom. The summed E-state index contributed by atoms with van der Waals surface area (Å²) in [5.41, 5.74) is 0.777. The fourth-order valence-electron chi connectivity index (χ4n) is 1.72. The molecule has 1 aromatic carbocycles. The van der Waals surface area contributed by atoms with Gasteiger partial charge in [0, 0.05) is 13.5 Å². The summed E-state index contributed by atoms with van der Waals surface area (Å²) in [6, 6.07) is 6.25. The maximum Gasteiger partial charge on any atom is 0.138 e. The molecule has 17 heavy (non-hydrogen) atoms. The van der Waals surface area contributed by atoms with Gasteiger partial charge in [0.05, 0.1) is 6.10 Å². The fourth-order valence-corrected chi connectivity index (χ4v) is 1.72. The monoisotopic (exact) mass is 235 g/mol. The maximum absolute atomic E-state index is 13.0. The number of benzene rings is 1. The standard InChI is InChI=1S/C12H14FN3O/c1-16-12(14-8-15-16)7-11(17)6-9-3-2-4-10(13)5-9/h2-5,8,11,17H,6-7H2,1H3. The third-order valence-corrected chi connectivity index (χ3v) is 2.58. The first kappa shape index (κ1) is 11.7. The Balaban J connectivity index is 1.98. The molecule has 0 aliphatic rings. The van der Waals surface area contributed by atoms with Gasteiger partial charge in [-0.2, -0.15) is 5.10 Å². The van der Waals surface area contributed by atoms with Gasteiger partial charge >= 0.3 is 0 Å². The minimum Gasteiger partial charge on any atom is -0.392 e. The average molecular weight is 235 g/mol. The molecule has 0 saturated heterocycles. The Morgan fingerprint density at radius 2 is 2.24 bits per heavy atom.